The Morgan fingerprint density at radius 3 is 2.67 bits per heavy atom. The van der Waals surface area contributed by atoms with Gasteiger partial charge in [0, 0.05) is 44.2 Å². The van der Waals surface area contributed by atoms with Crippen LogP contribution in [0.4, 0.5) is 5.95 Å². The van der Waals surface area contributed by atoms with E-state index < -0.39 is 0 Å². The van der Waals surface area contributed by atoms with Crippen molar-refractivity contribution < 1.29 is 9.53 Å². The molecule has 2 aliphatic heterocycles. The Balaban J connectivity index is 1.55. The van der Waals surface area contributed by atoms with Gasteiger partial charge in [-0.15, -0.1) is 0 Å². The zero-order chi connectivity index (χ0) is 16.9. The molecule has 6 heteroatoms. The number of carbonyl (C=O) groups is 1. The van der Waals surface area contributed by atoms with Crippen LogP contribution in [-0.4, -0.2) is 48.7 Å². The van der Waals surface area contributed by atoms with Gasteiger partial charge in [0.2, 0.25) is 11.9 Å². The van der Waals surface area contributed by atoms with Crippen molar-refractivity contribution in [3.63, 3.8) is 0 Å². The largest absolute Gasteiger partial charge is 0.381 e. The van der Waals surface area contributed by atoms with Crippen LogP contribution in [0, 0.1) is 25.7 Å². The number of hydrogen-bond acceptors (Lipinski definition) is 5. The van der Waals surface area contributed by atoms with Gasteiger partial charge in [0.1, 0.15) is 0 Å². The van der Waals surface area contributed by atoms with E-state index >= 15 is 0 Å². The number of amides is 1. The fourth-order valence-corrected chi connectivity index (χ4v) is 3.56. The Hall–Kier alpha value is -1.69. The maximum absolute atomic E-state index is 12.5. The SMILES string of the molecule is Cc1cc(C)nc(N2CCCC(C(=O)NCC3CCOCC3)C2)n1. The lowest BCUT2D eigenvalue weighted by Crippen LogP contribution is -2.45. The van der Waals surface area contributed by atoms with Crippen molar-refractivity contribution >= 4 is 11.9 Å². The maximum Gasteiger partial charge on any atom is 0.225 e. The van der Waals surface area contributed by atoms with E-state index in [1.165, 1.54) is 0 Å². The molecule has 0 aliphatic carbocycles. The van der Waals surface area contributed by atoms with Gasteiger partial charge in [0.25, 0.3) is 0 Å². The van der Waals surface area contributed by atoms with Crippen LogP contribution >= 0.6 is 0 Å². The highest BCUT2D eigenvalue weighted by Gasteiger charge is 2.27. The third kappa shape index (κ3) is 4.44. The smallest absolute Gasteiger partial charge is 0.225 e. The van der Waals surface area contributed by atoms with Crippen molar-refractivity contribution in [2.45, 2.75) is 39.5 Å². The second kappa shape index (κ2) is 7.92. The zero-order valence-electron chi connectivity index (χ0n) is 14.8. The molecule has 1 amide bonds. The minimum Gasteiger partial charge on any atom is -0.381 e. The fourth-order valence-electron chi connectivity index (χ4n) is 3.56. The summed E-state index contributed by atoms with van der Waals surface area (Å²) in [7, 11) is 0. The van der Waals surface area contributed by atoms with Gasteiger partial charge in [-0.05, 0) is 51.5 Å². The highest BCUT2D eigenvalue weighted by molar-refractivity contribution is 5.79. The topological polar surface area (TPSA) is 67.4 Å². The first-order valence-electron chi connectivity index (χ1n) is 9.04. The summed E-state index contributed by atoms with van der Waals surface area (Å²) >= 11 is 0. The van der Waals surface area contributed by atoms with Gasteiger partial charge in [0.15, 0.2) is 0 Å². The molecule has 2 aliphatic rings. The quantitative estimate of drug-likeness (QED) is 0.911. The van der Waals surface area contributed by atoms with Crippen molar-refractivity contribution in [1.82, 2.24) is 15.3 Å². The van der Waals surface area contributed by atoms with E-state index in [0.717, 1.165) is 69.3 Å². The van der Waals surface area contributed by atoms with Crippen molar-refractivity contribution in [3.8, 4) is 0 Å². The summed E-state index contributed by atoms with van der Waals surface area (Å²) < 4.78 is 5.37. The van der Waals surface area contributed by atoms with E-state index in [4.69, 9.17) is 4.74 Å². The first-order valence-corrected chi connectivity index (χ1v) is 9.04. The number of ether oxygens (including phenoxy) is 1. The summed E-state index contributed by atoms with van der Waals surface area (Å²) in [6.45, 7) is 8.03. The molecule has 2 saturated heterocycles. The van der Waals surface area contributed by atoms with Crippen molar-refractivity contribution in [2.75, 3.05) is 37.7 Å². The highest BCUT2D eigenvalue weighted by Crippen LogP contribution is 2.21. The van der Waals surface area contributed by atoms with Crippen LogP contribution in [0.2, 0.25) is 0 Å². The van der Waals surface area contributed by atoms with Crippen molar-refractivity contribution in [2.24, 2.45) is 11.8 Å². The Bertz CT molecular complexity index is 552. The van der Waals surface area contributed by atoms with Crippen LogP contribution in [-0.2, 0) is 9.53 Å². The number of carbonyl (C=O) groups excluding carboxylic acids is 1. The lowest BCUT2D eigenvalue weighted by Gasteiger charge is -2.32. The van der Waals surface area contributed by atoms with Crippen LogP contribution in [0.15, 0.2) is 6.07 Å². The van der Waals surface area contributed by atoms with E-state index in [2.05, 4.69) is 20.2 Å². The molecule has 1 aromatic heterocycles. The summed E-state index contributed by atoms with van der Waals surface area (Å²) in [5, 5.41) is 3.15. The van der Waals surface area contributed by atoms with Crippen LogP contribution in [0.1, 0.15) is 37.1 Å². The molecule has 0 aromatic carbocycles. The first-order chi connectivity index (χ1) is 11.6. The fraction of sp³-hybridized carbons (Fsp3) is 0.722. The molecular formula is C18H28N4O2. The Labute approximate surface area is 144 Å². The maximum atomic E-state index is 12.5. The summed E-state index contributed by atoms with van der Waals surface area (Å²) in [5.41, 5.74) is 1.95. The van der Waals surface area contributed by atoms with E-state index in [1.807, 2.05) is 19.9 Å². The van der Waals surface area contributed by atoms with Gasteiger partial charge < -0.3 is 15.0 Å². The highest BCUT2D eigenvalue weighted by atomic mass is 16.5. The average Bonchev–Trinajstić information content (AvgIpc) is 2.60. The lowest BCUT2D eigenvalue weighted by atomic mass is 9.96. The van der Waals surface area contributed by atoms with E-state index in [-0.39, 0.29) is 11.8 Å². The molecule has 0 bridgehead atoms. The number of hydrogen-bond donors (Lipinski definition) is 1. The van der Waals surface area contributed by atoms with Crippen LogP contribution in [0.3, 0.4) is 0 Å². The second-order valence-corrected chi connectivity index (χ2v) is 7.04. The molecule has 3 heterocycles. The van der Waals surface area contributed by atoms with E-state index in [9.17, 15) is 4.79 Å². The first kappa shape index (κ1) is 17.1. The molecule has 0 saturated carbocycles. The summed E-state index contributed by atoms with van der Waals surface area (Å²) in [4.78, 5) is 23.8. The number of anilines is 1. The van der Waals surface area contributed by atoms with Crippen LogP contribution in [0.25, 0.3) is 0 Å². The number of aromatic nitrogens is 2. The minimum atomic E-state index is 0.0306. The van der Waals surface area contributed by atoms with Gasteiger partial charge in [-0.2, -0.15) is 0 Å². The molecule has 1 unspecified atom stereocenters. The molecule has 0 spiro atoms. The molecular weight excluding hydrogens is 304 g/mol. The molecule has 6 nitrogen and oxygen atoms in total. The zero-order valence-corrected chi connectivity index (χ0v) is 14.8. The molecule has 1 aromatic rings. The Kier molecular flexibility index (Phi) is 5.66. The normalized spacial score (nSPS) is 22.4. The van der Waals surface area contributed by atoms with Gasteiger partial charge in [-0.25, -0.2) is 9.97 Å². The molecule has 0 radical (unpaired) electrons. The van der Waals surface area contributed by atoms with Gasteiger partial charge in [0.05, 0.1) is 5.92 Å². The predicted octanol–water partition coefficient (Wildman–Crippen LogP) is 1.85. The molecule has 3 rings (SSSR count). The average molecular weight is 332 g/mol. The number of nitrogens with zero attached hydrogens (tertiary/aromatic N) is 3. The van der Waals surface area contributed by atoms with Crippen LogP contribution < -0.4 is 10.2 Å². The second-order valence-electron chi connectivity index (χ2n) is 7.04. The number of rotatable bonds is 4. The van der Waals surface area contributed by atoms with Crippen molar-refractivity contribution in [3.05, 3.63) is 17.5 Å². The number of aryl methyl sites for hydroxylation is 2. The monoisotopic (exact) mass is 332 g/mol. The number of nitrogens with one attached hydrogen (secondary N) is 1. The van der Waals surface area contributed by atoms with Crippen molar-refractivity contribution in [1.29, 1.82) is 0 Å². The molecule has 132 valence electrons. The van der Waals surface area contributed by atoms with E-state index in [1.54, 1.807) is 0 Å². The minimum absolute atomic E-state index is 0.0306. The Morgan fingerprint density at radius 2 is 1.96 bits per heavy atom. The molecule has 24 heavy (non-hydrogen) atoms. The van der Waals surface area contributed by atoms with Gasteiger partial charge in [-0.1, -0.05) is 0 Å². The summed E-state index contributed by atoms with van der Waals surface area (Å²) in [5.74, 6) is 1.53. The molecule has 1 atom stereocenters. The third-order valence-corrected chi connectivity index (χ3v) is 4.95. The predicted molar refractivity (Wildman–Crippen MR) is 93.0 cm³/mol. The lowest BCUT2D eigenvalue weighted by molar-refractivity contribution is -0.125. The number of piperidine rings is 1. The van der Waals surface area contributed by atoms with Gasteiger partial charge in [-0.3, -0.25) is 4.79 Å². The van der Waals surface area contributed by atoms with Crippen LogP contribution in [0.5, 0.6) is 0 Å². The third-order valence-electron chi connectivity index (χ3n) is 4.95. The Morgan fingerprint density at radius 1 is 1.25 bits per heavy atom. The van der Waals surface area contributed by atoms with Gasteiger partial charge >= 0.3 is 0 Å². The summed E-state index contributed by atoms with van der Waals surface area (Å²) in [6.07, 6.45) is 4.05. The molecule has 1 N–H and O–H groups in total. The van der Waals surface area contributed by atoms with E-state index in [0.29, 0.717) is 12.5 Å². The standard InChI is InChI=1S/C18H28N4O2/c1-13-10-14(2)21-18(20-13)22-7-3-4-16(12-22)17(23)19-11-15-5-8-24-9-6-15/h10,15-16H,3-9,11-12H2,1-2H3,(H,19,23). The molecule has 2 fully saturated rings. The summed E-state index contributed by atoms with van der Waals surface area (Å²) in [6, 6.07) is 1.98.